The summed E-state index contributed by atoms with van der Waals surface area (Å²) in [5.74, 6) is -0.893. The summed E-state index contributed by atoms with van der Waals surface area (Å²) in [4.78, 5) is 38.0. The van der Waals surface area contributed by atoms with E-state index < -0.39 is 6.10 Å². The monoisotopic (exact) mass is 888 g/mol. The van der Waals surface area contributed by atoms with Crippen LogP contribution in [0.2, 0.25) is 0 Å². The molecule has 0 fully saturated rings. The highest BCUT2D eigenvalue weighted by molar-refractivity contribution is 5.71. The van der Waals surface area contributed by atoms with Crippen molar-refractivity contribution in [3.63, 3.8) is 0 Å². The molecule has 0 unspecified atom stereocenters. The lowest BCUT2D eigenvalue weighted by molar-refractivity contribution is -0.167. The fourth-order valence-electron chi connectivity index (χ4n) is 7.90. The quantitative estimate of drug-likeness (QED) is 0.0199. The Balaban J connectivity index is 4.39. The molecule has 0 aliphatic carbocycles. The van der Waals surface area contributed by atoms with Crippen LogP contribution in [0, 0.1) is 0 Å². The maximum Gasteiger partial charge on any atom is 0.306 e. The van der Waals surface area contributed by atoms with E-state index in [2.05, 4.69) is 57.2 Å². The summed E-state index contributed by atoms with van der Waals surface area (Å²) < 4.78 is 16.8. The molecular weight excluding hydrogens is 784 g/mol. The van der Waals surface area contributed by atoms with Gasteiger partial charge in [-0.25, -0.2) is 0 Å². The third-order valence-corrected chi connectivity index (χ3v) is 12.1. The summed E-state index contributed by atoms with van der Waals surface area (Å²) in [5, 5.41) is 0. The highest BCUT2D eigenvalue weighted by Crippen LogP contribution is 2.15. The van der Waals surface area contributed by atoms with E-state index in [9.17, 15) is 14.4 Å². The molecule has 0 aliphatic rings. The molecule has 6 heteroatoms. The van der Waals surface area contributed by atoms with Crippen molar-refractivity contribution < 1.29 is 28.6 Å². The highest BCUT2D eigenvalue weighted by atomic mass is 16.7. The van der Waals surface area contributed by atoms with Gasteiger partial charge in [0.25, 0.3) is 0 Å². The molecule has 0 N–H and O–H groups in total. The van der Waals surface area contributed by atoms with Crippen molar-refractivity contribution in [1.29, 1.82) is 0 Å². The van der Waals surface area contributed by atoms with Crippen LogP contribution in [0.1, 0.15) is 290 Å². The van der Waals surface area contributed by atoms with Crippen LogP contribution in [-0.2, 0) is 28.6 Å². The summed E-state index contributed by atoms with van der Waals surface area (Å²) in [5.41, 5.74) is 0. The van der Waals surface area contributed by atoms with E-state index in [0.29, 0.717) is 19.3 Å². The molecule has 0 aromatic rings. The topological polar surface area (TPSA) is 78.9 Å². The van der Waals surface area contributed by atoms with E-state index >= 15 is 0 Å². The minimum Gasteiger partial charge on any atom is -0.462 e. The molecule has 0 amide bonds. The Labute approximate surface area is 391 Å². The molecule has 368 valence electrons. The zero-order chi connectivity index (χ0) is 45.8. The maximum atomic E-state index is 12.8. The van der Waals surface area contributed by atoms with Gasteiger partial charge in [-0.3, -0.25) is 14.4 Å². The number of ether oxygens (including phenoxy) is 3. The highest BCUT2D eigenvalue weighted by Gasteiger charge is 2.19. The van der Waals surface area contributed by atoms with Crippen LogP contribution < -0.4 is 0 Å². The van der Waals surface area contributed by atoms with Crippen molar-refractivity contribution in [3.05, 3.63) is 36.5 Å². The Morgan fingerprint density at radius 1 is 0.302 bits per heavy atom. The molecule has 0 heterocycles. The van der Waals surface area contributed by atoms with Crippen LogP contribution in [0.4, 0.5) is 0 Å². The number of rotatable bonds is 50. The first kappa shape index (κ1) is 60.6. The van der Waals surface area contributed by atoms with E-state index in [0.717, 1.165) is 77.0 Å². The van der Waals surface area contributed by atoms with Gasteiger partial charge in [0.2, 0.25) is 0 Å². The van der Waals surface area contributed by atoms with Crippen molar-refractivity contribution in [2.75, 3.05) is 13.2 Å². The Kier molecular flexibility index (Phi) is 50.3. The van der Waals surface area contributed by atoms with E-state index in [-0.39, 0.29) is 31.1 Å². The summed E-state index contributed by atoms with van der Waals surface area (Å²) in [6.45, 7) is 6.63. The number of carbonyl (C=O) groups excluding carboxylic acids is 3. The van der Waals surface area contributed by atoms with Gasteiger partial charge in [0.1, 0.15) is 13.2 Å². The van der Waals surface area contributed by atoms with Crippen molar-refractivity contribution in [3.8, 4) is 0 Å². The van der Waals surface area contributed by atoms with Crippen LogP contribution >= 0.6 is 0 Å². The molecule has 0 saturated heterocycles. The van der Waals surface area contributed by atoms with Crippen molar-refractivity contribution in [2.24, 2.45) is 0 Å². The Bertz CT molecular complexity index is 1010. The van der Waals surface area contributed by atoms with E-state index in [1.54, 1.807) is 0 Å². The average molecular weight is 888 g/mol. The lowest BCUT2D eigenvalue weighted by atomic mass is 10.1. The molecule has 0 atom stereocenters. The van der Waals surface area contributed by atoms with Crippen LogP contribution in [0.3, 0.4) is 0 Å². The van der Waals surface area contributed by atoms with E-state index in [4.69, 9.17) is 14.2 Å². The van der Waals surface area contributed by atoms with E-state index in [1.165, 1.54) is 173 Å². The van der Waals surface area contributed by atoms with Gasteiger partial charge in [-0.05, 0) is 96.3 Å². The maximum absolute atomic E-state index is 12.8. The largest absolute Gasteiger partial charge is 0.462 e. The molecule has 0 saturated carbocycles. The molecule has 0 aromatic heterocycles. The molecule has 0 spiro atoms. The SMILES string of the molecule is CCCCCCCC/C=C/CCCCCCC[13C](=O)OCC(CO[13C](=O)CCCCCCC/C=C/CCCCCCCC)O[13C](=O)CCCCCCC/C=C/CCCCCCCC. The standard InChI is InChI=1S/C57H104O6/c1-4-7-10-13-16-19-22-25-28-31-34-37-40-43-46-49-55(58)61-52-54(63-57(60)51-48-45-42-39-36-33-30-27-24-21-18-15-12-9-6-3)53-62-56(59)50-47-44-41-38-35-32-29-26-23-20-17-14-11-8-5-2/h25-30,54H,4-24,31-53H2,1-3H3/b28-25+,29-26+,30-27+/i55+1,56+1,57+1. The van der Waals surface area contributed by atoms with Gasteiger partial charge in [0.05, 0.1) is 0 Å². The number of hydrogen-bond donors (Lipinski definition) is 0. The predicted molar refractivity (Wildman–Crippen MR) is 270 cm³/mol. The third-order valence-electron chi connectivity index (χ3n) is 12.1. The first-order valence-corrected chi connectivity index (χ1v) is 27.5. The second-order valence-corrected chi connectivity index (χ2v) is 18.5. The Morgan fingerprint density at radius 3 is 0.794 bits per heavy atom. The smallest absolute Gasteiger partial charge is 0.306 e. The van der Waals surface area contributed by atoms with Crippen molar-refractivity contribution in [2.45, 2.75) is 297 Å². The van der Waals surface area contributed by atoms with Gasteiger partial charge in [-0.15, -0.1) is 0 Å². The summed E-state index contributed by atoms with van der Waals surface area (Å²) in [7, 11) is 0. The van der Waals surface area contributed by atoms with Gasteiger partial charge in [-0.2, -0.15) is 0 Å². The lowest BCUT2D eigenvalue weighted by Crippen LogP contribution is -2.30. The minimum absolute atomic E-state index is 0.0806. The fourth-order valence-corrected chi connectivity index (χ4v) is 7.90. The molecule has 63 heavy (non-hydrogen) atoms. The van der Waals surface area contributed by atoms with Crippen molar-refractivity contribution >= 4 is 17.9 Å². The molecule has 0 bridgehead atoms. The molecule has 0 aromatic carbocycles. The number of allylic oxidation sites excluding steroid dienone is 6. The fraction of sp³-hybridized carbons (Fsp3) is 0.842. The minimum atomic E-state index is -0.781. The molecule has 0 rings (SSSR count). The molecule has 0 radical (unpaired) electrons. The average Bonchev–Trinajstić information content (AvgIpc) is 3.28. The first-order chi connectivity index (χ1) is 31.0. The third kappa shape index (κ3) is 50.5. The Morgan fingerprint density at radius 2 is 0.524 bits per heavy atom. The van der Waals surface area contributed by atoms with Crippen LogP contribution in [0.5, 0.6) is 0 Å². The number of esters is 3. The Hall–Kier alpha value is -2.37. The van der Waals surface area contributed by atoms with Gasteiger partial charge in [0, 0.05) is 19.3 Å². The van der Waals surface area contributed by atoms with Crippen molar-refractivity contribution in [1.82, 2.24) is 0 Å². The summed E-state index contributed by atoms with van der Waals surface area (Å²) in [6.07, 6.45) is 61.2. The second kappa shape index (κ2) is 52.3. The van der Waals surface area contributed by atoms with Crippen LogP contribution in [-0.4, -0.2) is 37.2 Å². The number of carbonyl (C=O) groups is 3. The summed E-state index contributed by atoms with van der Waals surface area (Å²) in [6, 6.07) is 0. The zero-order valence-electron chi connectivity index (χ0n) is 42.1. The second-order valence-electron chi connectivity index (χ2n) is 18.5. The number of unbranched alkanes of at least 4 members (excludes halogenated alkanes) is 33. The molecular formula is C57H104O6. The normalized spacial score (nSPS) is 11.8. The van der Waals surface area contributed by atoms with Gasteiger partial charge >= 0.3 is 17.9 Å². The van der Waals surface area contributed by atoms with Crippen LogP contribution in [0.25, 0.3) is 0 Å². The number of hydrogen-bond acceptors (Lipinski definition) is 6. The van der Waals surface area contributed by atoms with Gasteiger partial charge < -0.3 is 14.2 Å². The van der Waals surface area contributed by atoms with E-state index in [1.807, 2.05) is 0 Å². The molecule has 0 aliphatic heterocycles. The molecule has 6 nitrogen and oxygen atoms in total. The van der Waals surface area contributed by atoms with Gasteiger partial charge in [-0.1, -0.05) is 211 Å². The van der Waals surface area contributed by atoms with Crippen LogP contribution in [0.15, 0.2) is 36.5 Å². The zero-order valence-corrected chi connectivity index (χ0v) is 42.1. The lowest BCUT2D eigenvalue weighted by Gasteiger charge is -2.18. The first-order valence-electron chi connectivity index (χ1n) is 27.5. The summed E-state index contributed by atoms with van der Waals surface area (Å²) >= 11 is 0. The van der Waals surface area contributed by atoms with Gasteiger partial charge in [0.15, 0.2) is 6.10 Å². The predicted octanol–water partition coefficient (Wildman–Crippen LogP) is 18.1.